The molecule has 0 unspecified atom stereocenters. The predicted molar refractivity (Wildman–Crippen MR) is 155 cm³/mol. The van der Waals surface area contributed by atoms with Crippen molar-refractivity contribution >= 4 is 27.8 Å². The summed E-state index contributed by atoms with van der Waals surface area (Å²) in [4.78, 5) is 2.26. The Bertz CT molecular complexity index is 1600. The van der Waals surface area contributed by atoms with Gasteiger partial charge in [-0.2, -0.15) is 0 Å². The van der Waals surface area contributed by atoms with Gasteiger partial charge in [0.1, 0.15) is 0 Å². The van der Waals surface area contributed by atoms with E-state index >= 15 is 8.78 Å². The number of fused-ring (bicyclic) bond motifs is 2. The van der Waals surface area contributed by atoms with E-state index in [-0.39, 0.29) is 0 Å². The number of nitrogens with zero attached hydrogens (tertiary/aromatic N) is 1. The molecule has 0 N–H and O–H groups in total. The molecule has 5 aromatic carbocycles. The molecule has 0 radical (unpaired) electrons. The van der Waals surface area contributed by atoms with Crippen LogP contribution in [0.1, 0.15) is 38.8 Å². The van der Waals surface area contributed by atoms with Crippen molar-refractivity contribution in [1.82, 2.24) is 0 Å². The highest BCUT2D eigenvalue weighted by atomic mass is 19.3. The van der Waals surface area contributed by atoms with E-state index in [0.717, 1.165) is 50.1 Å². The molecule has 1 aliphatic carbocycles. The van der Waals surface area contributed by atoms with Gasteiger partial charge < -0.3 is 4.90 Å². The van der Waals surface area contributed by atoms with Gasteiger partial charge in [-0.3, -0.25) is 0 Å². The number of hydrogen-bond donors (Lipinski definition) is 0. The summed E-state index contributed by atoms with van der Waals surface area (Å²) in [5, 5.41) is 2.22. The van der Waals surface area contributed by atoms with Crippen LogP contribution in [0, 0.1) is 0 Å². The first-order valence-corrected chi connectivity index (χ1v) is 13.1. The Morgan fingerprint density at radius 3 is 1.71 bits per heavy atom. The van der Waals surface area contributed by atoms with Gasteiger partial charge >= 0.3 is 0 Å². The van der Waals surface area contributed by atoms with Crippen LogP contribution in [0.2, 0.25) is 0 Å². The zero-order valence-corrected chi connectivity index (χ0v) is 22.2. The Morgan fingerprint density at radius 1 is 0.526 bits per heavy atom. The maximum Gasteiger partial charge on any atom is 0.266 e. The van der Waals surface area contributed by atoms with Crippen molar-refractivity contribution in [3.63, 3.8) is 0 Å². The monoisotopic (exact) mass is 503 g/mol. The largest absolute Gasteiger partial charge is 0.310 e. The van der Waals surface area contributed by atoms with Crippen LogP contribution in [-0.2, 0) is 10.8 Å². The van der Waals surface area contributed by atoms with Crippen molar-refractivity contribution in [2.45, 2.75) is 44.4 Å². The minimum absolute atomic E-state index is 0.725. The number of alkyl halides is 2. The van der Waals surface area contributed by atoms with E-state index < -0.39 is 16.8 Å². The number of rotatable bonds is 4. The number of hydrogen-bond acceptors (Lipinski definition) is 1. The number of anilines is 3. The van der Waals surface area contributed by atoms with Crippen LogP contribution in [0.3, 0.4) is 0 Å². The highest BCUT2D eigenvalue weighted by Crippen LogP contribution is 2.59. The second-order valence-corrected chi connectivity index (χ2v) is 11.3. The van der Waals surface area contributed by atoms with Gasteiger partial charge in [0.25, 0.3) is 5.92 Å². The quantitative estimate of drug-likeness (QED) is 0.236. The number of benzene rings is 5. The molecule has 0 bridgehead atoms. The zero-order valence-electron chi connectivity index (χ0n) is 22.2. The fraction of sp³-hybridized carbons (Fsp3) is 0.200. The number of para-hydroxylation sites is 2. The minimum atomic E-state index is -2.85. The molecule has 0 aromatic heterocycles. The van der Waals surface area contributed by atoms with Gasteiger partial charge in [-0.1, -0.05) is 78.9 Å². The molecule has 0 amide bonds. The third-order valence-corrected chi connectivity index (χ3v) is 8.38. The predicted octanol–water partition coefficient (Wildman–Crippen LogP) is 10.2. The van der Waals surface area contributed by atoms with Crippen molar-refractivity contribution < 1.29 is 8.78 Å². The first-order valence-electron chi connectivity index (χ1n) is 13.1. The van der Waals surface area contributed by atoms with Gasteiger partial charge in [0.2, 0.25) is 0 Å². The topological polar surface area (TPSA) is 3.24 Å². The standard InChI is InChI=1S/C35H31F2N/c1-33(2)30-20-19-24(22-31(30)34(3,4)35(33,36)37)26-21-25-13-11-12-18-29(25)32(23-26)38(27-14-7-5-8-15-27)28-16-9-6-10-17-28/h5-23H,1-4H3. The summed E-state index contributed by atoms with van der Waals surface area (Å²) >= 11 is 0. The Morgan fingerprint density at radius 2 is 1.08 bits per heavy atom. The summed E-state index contributed by atoms with van der Waals surface area (Å²) in [6.45, 7) is 6.66. The molecule has 6 rings (SSSR count). The van der Waals surface area contributed by atoms with Crippen molar-refractivity contribution in [1.29, 1.82) is 0 Å². The normalized spacial score (nSPS) is 16.8. The molecule has 0 saturated carbocycles. The lowest BCUT2D eigenvalue weighted by molar-refractivity contribution is -0.105. The average molecular weight is 504 g/mol. The van der Waals surface area contributed by atoms with E-state index in [1.54, 1.807) is 27.7 Å². The molecule has 190 valence electrons. The third-order valence-electron chi connectivity index (χ3n) is 8.38. The Balaban J connectivity index is 1.60. The van der Waals surface area contributed by atoms with Crippen LogP contribution in [0.4, 0.5) is 25.8 Å². The van der Waals surface area contributed by atoms with E-state index in [1.165, 1.54) is 0 Å². The van der Waals surface area contributed by atoms with E-state index in [2.05, 4.69) is 59.5 Å². The van der Waals surface area contributed by atoms with Crippen LogP contribution in [0.5, 0.6) is 0 Å². The molecule has 0 heterocycles. The molecule has 0 aliphatic heterocycles. The summed E-state index contributed by atoms with van der Waals surface area (Å²) in [6.07, 6.45) is 0. The average Bonchev–Trinajstić information content (AvgIpc) is 3.03. The van der Waals surface area contributed by atoms with E-state index in [0.29, 0.717) is 0 Å². The second-order valence-electron chi connectivity index (χ2n) is 11.3. The SMILES string of the molecule is CC1(C)c2ccc(-c3cc(N(c4ccccc4)c4ccccc4)c4ccccc4c3)cc2C(C)(C)C1(F)F. The Kier molecular flexibility index (Phi) is 5.47. The number of halogens is 2. The molecular formula is C35H31F2N. The van der Waals surface area contributed by atoms with Gasteiger partial charge in [0.15, 0.2) is 0 Å². The van der Waals surface area contributed by atoms with Crippen molar-refractivity contribution in [2.75, 3.05) is 4.90 Å². The van der Waals surface area contributed by atoms with Gasteiger partial charge in [0, 0.05) is 16.8 Å². The van der Waals surface area contributed by atoms with E-state index in [1.807, 2.05) is 60.7 Å². The molecule has 38 heavy (non-hydrogen) atoms. The van der Waals surface area contributed by atoms with E-state index in [9.17, 15) is 0 Å². The van der Waals surface area contributed by atoms with Crippen molar-refractivity contribution in [3.05, 3.63) is 126 Å². The highest BCUT2D eigenvalue weighted by Gasteiger charge is 2.65. The fourth-order valence-electron chi connectivity index (χ4n) is 6.13. The molecular weight excluding hydrogens is 472 g/mol. The maximum absolute atomic E-state index is 15.6. The van der Waals surface area contributed by atoms with E-state index in [4.69, 9.17) is 0 Å². The van der Waals surface area contributed by atoms with Gasteiger partial charge in [0.05, 0.1) is 16.5 Å². The smallest absolute Gasteiger partial charge is 0.266 e. The molecule has 1 nitrogen and oxygen atoms in total. The van der Waals surface area contributed by atoms with Crippen molar-refractivity contribution in [3.8, 4) is 11.1 Å². The van der Waals surface area contributed by atoms with Crippen LogP contribution >= 0.6 is 0 Å². The molecule has 1 aliphatic rings. The molecule has 0 saturated heterocycles. The van der Waals surface area contributed by atoms with Gasteiger partial charge in [-0.05, 0) is 91.7 Å². The molecule has 0 atom stereocenters. The Labute approximate surface area is 223 Å². The molecule has 5 aromatic rings. The van der Waals surface area contributed by atoms with Gasteiger partial charge in [-0.25, -0.2) is 8.78 Å². The fourth-order valence-corrected chi connectivity index (χ4v) is 6.13. The third kappa shape index (κ3) is 3.49. The lowest BCUT2D eigenvalue weighted by Crippen LogP contribution is -2.46. The lowest BCUT2D eigenvalue weighted by atomic mass is 9.77. The van der Waals surface area contributed by atoms with Crippen LogP contribution in [0.15, 0.2) is 115 Å². The first kappa shape index (κ1) is 24.4. The lowest BCUT2D eigenvalue weighted by Gasteiger charge is -2.35. The second kappa shape index (κ2) is 8.52. The van der Waals surface area contributed by atoms with Gasteiger partial charge in [-0.15, -0.1) is 0 Å². The maximum atomic E-state index is 15.6. The molecule has 3 heteroatoms. The van der Waals surface area contributed by atoms with Crippen LogP contribution in [-0.4, -0.2) is 5.92 Å². The van der Waals surface area contributed by atoms with Crippen LogP contribution < -0.4 is 4.90 Å². The van der Waals surface area contributed by atoms with Crippen molar-refractivity contribution in [2.24, 2.45) is 0 Å². The summed E-state index contributed by atoms with van der Waals surface area (Å²) in [5.41, 5.74) is 4.06. The first-order chi connectivity index (χ1) is 18.1. The summed E-state index contributed by atoms with van der Waals surface area (Å²) in [7, 11) is 0. The minimum Gasteiger partial charge on any atom is -0.310 e. The highest BCUT2D eigenvalue weighted by molar-refractivity contribution is 6.02. The molecule has 0 spiro atoms. The zero-order chi connectivity index (χ0) is 26.7. The van der Waals surface area contributed by atoms with Crippen LogP contribution in [0.25, 0.3) is 21.9 Å². The molecule has 0 fully saturated rings. The Hall–Kier alpha value is -3.98. The summed E-state index contributed by atoms with van der Waals surface area (Å²) < 4.78 is 31.1. The summed E-state index contributed by atoms with van der Waals surface area (Å²) in [6, 6.07) is 39.3. The summed E-state index contributed by atoms with van der Waals surface area (Å²) in [5.74, 6) is -2.85.